The smallest absolute Gasteiger partial charge is 0.256 e. The number of thiophene rings is 1. The molecule has 0 radical (unpaired) electrons. The molecule has 0 saturated heterocycles. The number of amides is 1. The Morgan fingerprint density at radius 3 is 2.85 bits per heavy atom. The lowest BCUT2D eigenvalue weighted by molar-refractivity contribution is 0.102. The van der Waals surface area contributed by atoms with Crippen LogP contribution in [0.25, 0.3) is 10.9 Å². The third-order valence-electron chi connectivity index (χ3n) is 2.89. The van der Waals surface area contributed by atoms with E-state index in [9.17, 15) is 4.79 Å². The van der Waals surface area contributed by atoms with E-state index in [4.69, 9.17) is 5.84 Å². The number of carbonyl (C=O) groups is 1. The maximum absolute atomic E-state index is 12.4. The first-order valence-corrected chi connectivity index (χ1v) is 6.92. The van der Waals surface area contributed by atoms with Crippen molar-refractivity contribution in [3.8, 4) is 0 Å². The largest absolute Gasteiger partial charge is 0.321 e. The van der Waals surface area contributed by atoms with Gasteiger partial charge in [-0.15, -0.1) is 0 Å². The fraction of sp³-hybridized carbons (Fsp3) is 0. The first-order valence-electron chi connectivity index (χ1n) is 5.98. The number of nitrogen functional groups attached to an aromatic ring is 1. The fourth-order valence-electron chi connectivity index (χ4n) is 1.97. The monoisotopic (exact) mass is 284 g/mol. The molecule has 1 aromatic carbocycles. The summed E-state index contributed by atoms with van der Waals surface area (Å²) in [6, 6.07) is 11.0. The SMILES string of the molecule is NNc1cc(C(=O)Nc2ccsc2)c2ccccc2n1. The van der Waals surface area contributed by atoms with E-state index in [0.717, 1.165) is 16.6 Å². The number of carbonyl (C=O) groups excluding carboxylic acids is 1. The highest BCUT2D eigenvalue weighted by Crippen LogP contribution is 2.22. The number of benzene rings is 1. The molecule has 4 N–H and O–H groups in total. The molecular formula is C14H12N4OS. The van der Waals surface area contributed by atoms with E-state index < -0.39 is 0 Å². The number of nitrogens with zero attached hydrogens (tertiary/aromatic N) is 1. The van der Waals surface area contributed by atoms with Gasteiger partial charge in [-0.1, -0.05) is 18.2 Å². The second-order valence-electron chi connectivity index (χ2n) is 4.18. The van der Waals surface area contributed by atoms with Crippen molar-refractivity contribution >= 4 is 39.7 Å². The van der Waals surface area contributed by atoms with Crippen molar-refractivity contribution in [2.45, 2.75) is 0 Å². The van der Waals surface area contributed by atoms with Gasteiger partial charge in [-0.2, -0.15) is 11.3 Å². The molecule has 3 aromatic rings. The van der Waals surface area contributed by atoms with E-state index in [-0.39, 0.29) is 5.91 Å². The molecule has 20 heavy (non-hydrogen) atoms. The molecule has 6 heteroatoms. The maximum atomic E-state index is 12.4. The van der Waals surface area contributed by atoms with Gasteiger partial charge in [0.25, 0.3) is 5.91 Å². The van der Waals surface area contributed by atoms with E-state index in [1.807, 2.05) is 41.1 Å². The standard InChI is InChI=1S/C14H12N4OS/c15-18-13-7-11(10-3-1-2-4-12(10)17-13)14(19)16-9-5-6-20-8-9/h1-8H,15H2,(H,16,19)(H,17,18). The van der Waals surface area contributed by atoms with Gasteiger partial charge in [-0.05, 0) is 23.6 Å². The van der Waals surface area contributed by atoms with Gasteiger partial charge in [-0.25, -0.2) is 10.8 Å². The molecule has 0 spiro atoms. The van der Waals surface area contributed by atoms with Crippen LogP contribution in [0.1, 0.15) is 10.4 Å². The summed E-state index contributed by atoms with van der Waals surface area (Å²) in [6.07, 6.45) is 0. The molecule has 0 bridgehead atoms. The number of hydrazine groups is 1. The van der Waals surface area contributed by atoms with Crippen molar-refractivity contribution < 1.29 is 4.79 Å². The van der Waals surface area contributed by atoms with E-state index in [2.05, 4.69) is 15.7 Å². The Labute approximate surface area is 119 Å². The minimum absolute atomic E-state index is 0.182. The van der Waals surface area contributed by atoms with Crippen LogP contribution in [0.4, 0.5) is 11.5 Å². The van der Waals surface area contributed by atoms with Crippen LogP contribution in [0.5, 0.6) is 0 Å². The van der Waals surface area contributed by atoms with Crippen molar-refractivity contribution in [3.63, 3.8) is 0 Å². The van der Waals surface area contributed by atoms with Crippen molar-refractivity contribution in [2.75, 3.05) is 10.7 Å². The van der Waals surface area contributed by atoms with Gasteiger partial charge < -0.3 is 10.7 Å². The van der Waals surface area contributed by atoms with Crippen molar-refractivity contribution in [1.29, 1.82) is 0 Å². The van der Waals surface area contributed by atoms with Crippen LogP contribution in [0, 0.1) is 0 Å². The number of pyridine rings is 1. The maximum Gasteiger partial charge on any atom is 0.256 e. The Morgan fingerprint density at radius 1 is 1.25 bits per heavy atom. The average Bonchev–Trinajstić information content (AvgIpc) is 2.98. The van der Waals surface area contributed by atoms with Gasteiger partial charge in [0.05, 0.1) is 16.8 Å². The summed E-state index contributed by atoms with van der Waals surface area (Å²) in [6.45, 7) is 0. The normalized spacial score (nSPS) is 10.4. The quantitative estimate of drug-likeness (QED) is 0.510. The van der Waals surface area contributed by atoms with E-state index in [1.165, 1.54) is 11.3 Å². The first-order chi connectivity index (χ1) is 9.78. The van der Waals surface area contributed by atoms with E-state index in [1.54, 1.807) is 6.07 Å². The zero-order valence-electron chi connectivity index (χ0n) is 10.5. The number of para-hydroxylation sites is 1. The molecular weight excluding hydrogens is 272 g/mol. The zero-order valence-corrected chi connectivity index (χ0v) is 11.3. The van der Waals surface area contributed by atoms with E-state index >= 15 is 0 Å². The molecule has 2 aromatic heterocycles. The molecule has 0 aliphatic rings. The first kappa shape index (κ1) is 12.6. The molecule has 0 fully saturated rings. The number of anilines is 2. The van der Waals surface area contributed by atoms with Crippen LogP contribution in [0.15, 0.2) is 47.2 Å². The summed E-state index contributed by atoms with van der Waals surface area (Å²) in [7, 11) is 0. The van der Waals surface area contributed by atoms with Crippen molar-refractivity contribution in [1.82, 2.24) is 4.98 Å². The van der Waals surface area contributed by atoms with Crippen LogP contribution in [0.2, 0.25) is 0 Å². The van der Waals surface area contributed by atoms with Gasteiger partial charge in [-0.3, -0.25) is 4.79 Å². The molecule has 5 nitrogen and oxygen atoms in total. The predicted molar refractivity (Wildman–Crippen MR) is 81.8 cm³/mol. The van der Waals surface area contributed by atoms with Crippen molar-refractivity contribution in [3.05, 3.63) is 52.7 Å². The van der Waals surface area contributed by atoms with Gasteiger partial charge in [0.15, 0.2) is 0 Å². The van der Waals surface area contributed by atoms with Gasteiger partial charge >= 0.3 is 0 Å². The fourth-order valence-corrected chi connectivity index (χ4v) is 2.56. The number of nitrogens with one attached hydrogen (secondary N) is 2. The lowest BCUT2D eigenvalue weighted by atomic mass is 10.1. The molecule has 3 rings (SSSR count). The van der Waals surface area contributed by atoms with Crippen LogP contribution < -0.4 is 16.6 Å². The van der Waals surface area contributed by atoms with Crippen LogP contribution in [-0.2, 0) is 0 Å². The Hall–Kier alpha value is -2.44. The molecule has 0 aliphatic carbocycles. The second-order valence-corrected chi connectivity index (χ2v) is 4.96. The van der Waals surface area contributed by atoms with Gasteiger partial charge in [0.2, 0.25) is 0 Å². The predicted octanol–water partition coefficient (Wildman–Crippen LogP) is 2.83. The molecule has 0 saturated carbocycles. The molecule has 0 atom stereocenters. The number of fused-ring (bicyclic) bond motifs is 1. The minimum atomic E-state index is -0.182. The Bertz CT molecular complexity index is 755. The number of nitrogens with two attached hydrogens (primary N) is 1. The summed E-state index contributed by atoms with van der Waals surface area (Å²) in [5.41, 5.74) is 4.52. The average molecular weight is 284 g/mol. The molecule has 1 amide bonds. The van der Waals surface area contributed by atoms with Crippen LogP contribution >= 0.6 is 11.3 Å². The molecule has 100 valence electrons. The highest BCUT2D eigenvalue weighted by molar-refractivity contribution is 7.08. The Balaban J connectivity index is 2.07. The third-order valence-corrected chi connectivity index (χ3v) is 3.57. The second kappa shape index (κ2) is 5.28. The number of aromatic nitrogens is 1. The molecule has 0 unspecified atom stereocenters. The molecule has 2 heterocycles. The lowest BCUT2D eigenvalue weighted by Gasteiger charge is -2.09. The number of rotatable bonds is 3. The van der Waals surface area contributed by atoms with Gasteiger partial charge in [0, 0.05) is 10.8 Å². The minimum Gasteiger partial charge on any atom is -0.321 e. The lowest BCUT2D eigenvalue weighted by Crippen LogP contribution is -2.15. The Kier molecular flexibility index (Phi) is 3.32. The topological polar surface area (TPSA) is 80.0 Å². The van der Waals surface area contributed by atoms with E-state index in [0.29, 0.717) is 11.4 Å². The summed E-state index contributed by atoms with van der Waals surface area (Å²) in [4.78, 5) is 16.7. The number of hydrogen-bond acceptors (Lipinski definition) is 5. The van der Waals surface area contributed by atoms with Crippen molar-refractivity contribution in [2.24, 2.45) is 5.84 Å². The zero-order chi connectivity index (χ0) is 13.9. The third kappa shape index (κ3) is 2.34. The molecule has 0 aliphatic heterocycles. The van der Waals surface area contributed by atoms with Crippen LogP contribution in [0.3, 0.4) is 0 Å². The summed E-state index contributed by atoms with van der Waals surface area (Å²) < 4.78 is 0. The summed E-state index contributed by atoms with van der Waals surface area (Å²) in [5.74, 6) is 5.68. The number of hydrogen-bond donors (Lipinski definition) is 3. The van der Waals surface area contributed by atoms with Gasteiger partial charge in [0.1, 0.15) is 5.82 Å². The Morgan fingerprint density at radius 2 is 2.10 bits per heavy atom. The summed E-state index contributed by atoms with van der Waals surface area (Å²) in [5, 5.41) is 7.44. The van der Waals surface area contributed by atoms with Crippen LogP contribution in [-0.4, -0.2) is 10.9 Å². The summed E-state index contributed by atoms with van der Waals surface area (Å²) >= 11 is 1.53. The highest BCUT2D eigenvalue weighted by atomic mass is 32.1. The highest BCUT2D eigenvalue weighted by Gasteiger charge is 2.13.